The van der Waals surface area contributed by atoms with E-state index in [1.807, 2.05) is 0 Å². The van der Waals surface area contributed by atoms with E-state index in [1.54, 1.807) is 34.1 Å². The number of aromatic nitrogens is 3. The smallest absolute Gasteiger partial charge is 0.412 e. The predicted octanol–water partition coefficient (Wildman–Crippen LogP) is 5.42. The highest BCUT2D eigenvalue weighted by Gasteiger charge is 2.48. The van der Waals surface area contributed by atoms with Crippen LogP contribution in [-0.4, -0.2) is 101 Å². The van der Waals surface area contributed by atoms with Crippen LogP contribution in [-0.2, 0) is 27.4 Å². The van der Waals surface area contributed by atoms with Crippen molar-refractivity contribution in [3.8, 4) is 17.3 Å². The number of hydrogen-bond acceptors (Lipinski definition) is 12. The van der Waals surface area contributed by atoms with Gasteiger partial charge in [-0.2, -0.15) is 5.26 Å². The lowest BCUT2D eigenvalue weighted by atomic mass is 9.94. The highest BCUT2D eigenvalue weighted by molar-refractivity contribution is 7.23. The lowest BCUT2D eigenvalue weighted by molar-refractivity contribution is -0.0112. The summed E-state index contributed by atoms with van der Waals surface area (Å²) in [5.74, 6) is -0.978. The summed E-state index contributed by atoms with van der Waals surface area (Å²) in [6.45, 7) is 8.68. The number of halogens is 2. The van der Waals surface area contributed by atoms with E-state index in [0.29, 0.717) is 47.6 Å². The third-order valence-electron chi connectivity index (χ3n) is 10.2. The van der Waals surface area contributed by atoms with E-state index in [9.17, 15) is 10.1 Å². The Morgan fingerprint density at radius 3 is 2.54 bits per heavy atom. The van der Waals surface area contributed by atoms with Gasteiger partial charge in [-0.1, -0.05) is 0 Å². The number of likely N-dealkylation sites (N-methyl/N-ethyl adjacent to an activating group) is 1. The molecule has 1 N–H and O–H groups in total. The molecule has 262 valence electrons. The normalized spacial score (nSPS) is 23.9. The van der Waals surface area contributed by atoms with Gasteiger partial charge in [0, 0.05) is 67.9 Å². The van der Waals surface area contributed by atoms with Crippen molar-refractivity contribution in [2.24, 2.45) is 0 Å². The van der Waals surface area contributed by atoms with Crippen LogP contribution in [0, 0.1) is 23.0 Å². The second kappa shape index (κ2) is 12.3. The lowest BCUT2D eigenvalue weighted by Gasteiger charge is -2.44. The molecule has 7 heterocycles. The summed E-state index contributed by atoms with van der Waals surface area (Å²) in [4.78, 5) is 33.6. The van der Waals surface area contributed by atoms with Crippen LogP contribution in [0.15, 0.2) is 12.4 Å². The molecule has 4 atom stereocenters. The van der Waals surface area contributed by atoms with Gasteiger partial charge in [-0.25, -0.2) is 23.5 Å². The van der Waals surface area contributed by atoms with Gasteiger partial charge in [0.25, 0.3) is 0 Å². The summed E-state index contributed by atoms with van der Waals surface area (Å²) in [6.07, 6.45) is 4.12. The quantitative estimate of drug-likeness (QED) is 0.286. The minimum atomic E-state index is -0.800. The molecule has 4 aromatic rings. The first kappa shape index (κ1) is 33.1. The number of piperazine rings is 1. The van der Waals surface area contributed by atoms with E-state index in [2.05, 4.69) is 38.1 Å². The Bertz CT molecular complexity index is 2070. The molecule has 3 fully saturated rings. The first-order chi connectivity index (χ1) is 24.0. The molecule has 3 saturated heterocycles. The predicted molar refractivity (Wildman–Crippen MR) is 184 cm³/mol. The molecule has 0 spiro atoms. The molecule has 8 rings (SSSR count). The second-order valence-electron chi connectivity index (χ2n) is 14.6. The average molecular weight is 705 g/mol. The number of rotatable bonds is 5. The number of carbonyl (C=O) groups excluding carboxylic acids is 1. The van der Waals surface area contributed by atoms with Gasteiger partial charge in [-0.15, -0.1) is 11.3 Å². The van der Waals surface area contributed by atoms with E-state index in [4.69, 9.17) is 24.2 Å². The summed E-state index contributed by atoms with van der Waals surface area (Å²) < 4.78 is 49.6. The van der Waals surface area contributed by atoms with Gasteiger partial charge in [-0.3, -0.25) is 15.2 Å². The number of pyridine rings is 1. The highest BCUT2D eigenvalue weighted by atomic mass is 32.1. The first-order valence-electron chi connectivity index (χ1n) is 16.8. The zero-order valence-corrected chi connectivity index (χ0v) is 29.4. The zero-order chi connectivity index (χ0) is 35.1. The molecule has 1 aromatic carbocycles. The Labute approximate surface area is 291 Å². The number of amides is 1. The van der Waals surface area contributed by atoms with Crippen molar-refractivity contribution in [2.45, 2.75) is 76.7 Å². The van der Waals surface area contributed by atoms with Crippen molar-refractivity contribution >= 4 is 49.4 Å². The van der Waals surface area contributed by atoms with Crippen molar-refractivity contribution in [1.29, 1.82) is 5.26 Å². The van der Waals surface area contributed by atoms with Crippen LogP contribution in [0.25, 0.3) is 32.2 Å². The number of nitrogens with one attached hydrogen (secondary N) is 1. The van der Waals surface area contributed by atoms with E-state index in [1.165, 1.54) is 0 Å². The summed E-state index contributed by atoms with van der Waals surface area (Å²) in [6, 6.07) is 3.17. The first-order valence-corrected chi connectivity index (χ1v) is 17.6. The Kier molecular flexibility index (Phi) is 8.15. The third kappa shape index (κ3) is 5.45. The van der Waals surface area contributed by atoms with Gasteiger partial charge in [0.15, 0.2) is 11.6 Å². The largest absolute Gasteiger partial charge is 0.444 e. The number of anilines is 2. The number of methoxy groups -OCH3 is 1. The number of nitrogens with zero attached hydrogens (tertiary/aromatic N) is 7. The van der Waals surface area contributed by atoms with Gasteiger partial charge in [0.1, 0.15) is 22.2 Å². The van der Waals surface area contributed by atoms with Crippen LogP contribution in [0.2, 0.25) is 0 Å². The van der Waals surface area contributed by atoms with Crippen LogP contribution in [0.4, 0.5) is 24.5 Å². The second-order valence-corrected chi connectivity index (χ2v) is 15.6. The van der Waals surface area contributed by atoms with Crippen LogP contribution in [0.1, 0.15) is 50.3 Å². The maximum absolute atomic E-state index is 17.1. The number of ether oxygens (including phenoxy) is 3. The minimum absolute atomic E-state index is 0.0417. The minimum Gasteiger partial charge on any atom is -0.444 e. The topological polar surface area (TPSA) is 129 Å². The van der Waals surface area contributed by atoms with Crippen molar-refractivity contribution in [1.82, 2.24) is 24.8 Å². The number of likely N-dealkylation sites (tertiary alicyclic amines) is 1. The van der Waals surface area contributed by atoms with Gasteiger partial charge in [0.2, 0.25) is 5.95 Å². The van der Waals surface area contributed by atoms with Crippen LogP contribution in [0.5, 0.6) is 0 Å². The Morgan fingerprint density at radius 1 is 1.10 bits per heavy atom. The summed E-state index contributed by atoms with van der Waals surface area (Å²) in [5, 5.41) is 13.5. The number of hydrogen-bond donors (Lipinski definition) is 1. The fraction of sp³-hybridized carbons (Fsp3) is 0.514. The van der Waals surface area contributed by atoms with Crippen LogP contribution in [0.3, 0.4) is 0 Å². The summed E-state index contributed by atoms with van der Waals surface area (Å²) >= 11 is 0.865. The number of nitriles is 1. The Morgan fingerprint density at radius 2 is 1.84 bits per heavy atom. The Balaban J connectivity index is 1.21. The molecule has 2 bridgehead atoms. The molecule has 4 unspecified atom stereocenters. The molecule has 15 heteroatoms. The third-order valence-corrected chi connectivity index (χ3v) is 11.4. The molecule has 50 heavy (non-hydrogen) atoms. The molecule has 1 amide bonds. The Hall–Kier alpha value is -4.07. The summed E-state index contributed by atoms with van der Waals surface area (Å²) in [7, 11) is 3.91. The van der Waals surface area contributed by atoms with Gasteiger partial charge >= 0.3 is 6.09 Å². The van der Waals surface area contributed by atoms with Gasteiger partial charge in [-0.05, 0) is 51.8 Å². The maximum Gasteiger partial charge on any atom is 0.412 e. The SMILES string of the molecule is COC1CN(c2ncc3c4c(c(-c5ncc(F)c6sc(NC(=O)OC(C)(C)C)c(C#N)c56)c(F)c3n2)COC4)CC1N1C2CCC1CN(C)C2. The van der Waals surface area contributed by atoms with Crippen molar-refractivity contribution in [3.05, 3.63) is 40.7 Å². The van der Waals surface area contributed by atoms with Crippen molar-refractivity contribution in [3.63, 3.8) is 0 Å². The van der Waals surface area contributed by atoms with E-state index in [-0.39, 0.29) is 62.8 Å². The number of thiophene rings is 1. The molecule has 0 radical (unpaired) electrons. The molecule has 4 aliphatic rings. The molecule has 4 aliphatic heterocycles. The van der Waals surface area contributed by atoms with Gasteiger partial charge < -0.3 is 24.0 Å². The van der Waals surface area contributed by atoms with Gasteiger partial charge in [0.05, 0.1) is 47.5 Å². The fourth-order valence-corrected chi connectivity index (χ4v) is 9.32. The molecule has 0 saturated carbocycles. The summed E-state index contributed by atoms with van der Waals surface area (Å²) in [5.41, 5.74) is 0.651. The fourth-order valence-electron chi connectivity index (χ4n) is 8.28. The molecule has 0 aliphatic carbocycles. The molecule has 3 aromatic heterocycles. The van der Waals surface area contributed by atoms with E-state index >= 15 is 8.78 Å². The number of carbonyl (C=O) groups is 1. The highest BCUT2D eigenvalue weighted by Crippen LogP contribution is 2.46. The zero-order valence-electron chi connectivity index (χ0n) is 28.5. The van der Waals surface area contributed by atoms with Crippen LogP contribution >= 0.6 is 11.3 Å². The molecular formula is C35H38F2N8O4S. The van der Waals surface area contributed by atoms with E-state index in [0.717, 1.165) is 43.5 Å². The monoisotopic (exact) mass is 704 g/mol. The lowest BCUT2D eigenvalue weighted by Crippen LogP contribution is -2.59. The average Bonchev–Trinajstić information content (AvgIpc) is 3.85. The number of fused-ring (bicyclic) bond motifs is 6. The standard InChI is InChI=1S/C35H38F2N8O4S/c1-35(2,3)49-34(46)42-32-19(8-38)27-30(39-10-23(36)31(27)50-32)26-22-16-48-15-21(22)20-9-40-33(41-29(20)28(26)37)44-13-24(25(14-44)47-5)45-17-6-7-18(45)12-43(4)11-17/h9-10,17-18,24-25H,6-7,11-16H2,1-5H3,(H,42,46). The molecular weight excluding hydrogens is 666 g/mol. The maximum atomic E-state index is 17.1. The van der Waals surface area contributed by atoms with E-state index < -0.39 is 23.3 Å². The van der Waals surface area contributed by atoms with Crippen molar-refractivity contribution < 1.29 is 27.8 Å². The number of benzene rings is 1. The van der Waals surface area contributed by atoms with Crippen molar-refractivity contribution in [2.75, 3.05) is 50.6 Å². The van der Waals surface area contributed by atoms with Crippen LogP contribution < -0.4 is 10.2 Å². The molecule has 12 nitrogen and oxygen atoms in total.